The van der Waals surface area contributed by atoms with Gasteiger partial charge in [-0.1, -0.05) is 0 Å². The van der Waals surface area contributed by atoms with Crippen LogP contribution >= 0.6 is 0 Å². The molecule has 1 atom stereocenters. The molecule has 0 amide bonds. The van der Waals surface area contributed by atoms with Gasteiger partial charge in [-0.15, -0.1) is 0 Å². The molecule has 0 bridgehead atoms. The van der Waals surface area contributed by atoms with Crippen LogP contribution in [0.4, 0.5) is 4.79 Å². The molecule has 0 aromatic carbocycles. The van der Waals surface area contributed by atoms with Gasteiger partial charge in [0.25, 0.3) is 0 Å². The maximum atomic E-state index is 10.3. The summed E-state index contributed by atoms with van der Waals surface area (Å²) < 4.78 is 4.57. The fourth-order valence-electron chi connectivity index (χ4n) is 1.17. The van der Waals surface area contributed by atoms with E-state index < -0.39 is 17.9 Å². The average molecular weight is 220 g/mol. The zero-order chi connectivity index (χ0) is 12.1. The van der Waals surface area contributed by atoms with Crippen molar-refractivity contribution < 1.29 is 24.4 Å². The van der Waals surface area contributed by atoms with Crippen LogP contribution in [0, 0.1) is 0 Å². The summed E-state index contributed by atoms with van der Waals surface area (Å²) in [4.78, 5) is 20.4. The topological polar surface area (TPSA) is 65.0 Å². The number of carbonyl (C=O) groups is 1. The Morgan fingerprint density at radius 2 is 1.87 bits per heavy atom. The van der Waals surface area contributed by atoms with E-state index in [2.05, 4.69) is 4.74 Å². The van der Waals surface area contributed by atoms with Crippen molar-refractivity contribution >= 4 is 6.16 Å². The summed E-state index contributed by atoms with van der Waals surface area (Å²) in [5.74, 6) is 0. The molecule has 0 aromatic heterocycles. The molecule has 5 nitrogen and oxygen atoms in total. The van der Waals surface area contributed by atoms with Crippen LogP contribution in [0.1, 0.15) is 41.0 Å². The highest BCUT2D eigenvalue weighted by Crippen LogP contribution is 2.19. The van der Waals surface area contributed by atoms with Crippen LogP contribution in [-0.2, 0) is 14.5 Å². The van der Waals surface area contributed by atoms with Gasteiger partial charge in [0, 0.05) is 6.42 Å². The smallest absolute Gasteiger partial charge is 0.450 e. The summed E-state index contributed by atoms with van der Waals surface area (Å²) in [6, 6.07) is 0. The molecule has 0 rings (SSSR count). The van der Waals surface area contributed by atoms with Gasteiger partial charge in [0.15, 0.2) is 0 Å². The quantitative estimate of drug-likeness (QED) is 0.423. The van der Waals surface area contributed by atoms with Crippen molar-refractivity contribution in [2.45, 2.75) is 58.8 Å². The Balaban J connectivity index is 3.95. The highest BCUT2D eigenvalue weighted by Gasteiger charge is 2.25. The first-order valence-corrected chi connectivity index (χ1v) is 4.97. The van der Waals surface area contributed by atoms with Gasteiger partial charge in [-0.05, 0) is 34.6 Å². The molecule has 0 saturated heterocycles. The van der Waals surface area contributed by atoms with E-state index in [0.29, 0.717) is 6.42 Å². The predicted molar refractivity (Wildman–Crippen MR) is 54.6 cm³/mol. The molecule has 0 aliphatic rings. The molecule has 0 aliphatic carbocycles. The fraction of sp³-hybridized carbons (Fsp3) is 0.900. The molecule has 0 fully saturated rings. The summed E-state index contributed by atoms with van der Waals surface area (Å²) in [5, 5.41) is 8.40. The van der Waals surface area contributed by atoms with Crippen molar-refractivity contribution in [3.8, 4) is 0 Å². The van der Waals surface area contributed by atoms with E-state index in [0.717, 1.165) is 0 Å². The van der Waals surface area contributed by atoms with Crippen LogP contribution in [0.15, 0.2) is 0 Å². The minimum absolute atomic E-state index is 0.0278. The van der Waals surface area contributed by atoms with Gasteiger partial charge >= 0.3 is 6.16 Å². The maximum absolute atomic E-state index is 10.3. The summed E-state index contributed by atoms with van der Waals surface area (Å²) in [6.07, 6.45) is -1.29. The molecule has 0 spiro atoms. The molecule has 1 N–H and O–H groups in total. The highest BCUT2D eigenvalue weighted by atomic mass is 17.2. The van der Waals surface area contributed by atoms with Gasteiger partial charge in [0.1, 0.15) is 11.7 Å². The molecule has 0 saturated carbocycles. The Bertz CT molecular complexity index is 200. The standard InChI is InChI=1S/C10H20O5/c1-7(2)14-15-10(4,5)6-8(3)13-9(11)12/h7-8H,6H2,1-5H3,(H,11,12). The van der Waals surface area contributed by atoms with Gasteiger partial charge in [0.2, 0.25) is 0 Å². The Hall–Kier alpha value is -0.810. The van der Waals surface area contributed by atoms with Crippen LogP contribution in [-0.4, -0.2) is 29.1 Å². The van der Waals surface area contributed by atoms with Crippen LogP contribution in [0.5, 0.6) is 0 Å². The van der Waals surface area contributed by atoms with Crippen LogP contribution in [0.25, 0.3) is 0 Å². The number of hydrogen-bond donors (Lipinski definition) is 1. The Morgan fingerprint density at radius 3 is 2.27 bits per heavy atom. The minimum atomic E-state index is -1.27. The summed E-state index contributed by atoms with van der Waals surface area (Å²) >= 11 is 0. The van der Waals surface area contributed by atoms with Crippen LogP contribution in [0.3, 0.4) is 0 Å². The molecular weight excluding hydrogens is 200 g/mol. The van der Waals surface area contributed by atoms with Crippen molar-refractivity contribution in [2.24, 2.45) is 0 Å². The molecule has 0 aromatic rings. The lowest BCUT2D eigenvalue weighted by Gasteiger charge is -2.26. The third-order valence-corrected chi connectivity index (χ3v) is 1.55. The second-order valence-electron chi connectivity index (χ2n) is 4.39. The third kappa shape index (κ3) is 8.20. The van der Waals surface area contributed by atoms with E-state index in [1.165, 1.54) is 0 Å². The Morgan fingerprint density at radius 1 is 1.33 bits per heavy atom. The molecule has 15 heavy (non-hydrogen) atoms. The predicted octanol–water partition coefficient (Wildman–Crippen LogP) is 2.59. The monoisotopic (exact) mass is 220 g/mol. The second-order valence-corrected chi connectivity index (χ2v) is 4.39. The Labute approximate surface area is 90.2 Å². The normalized spacial score (nSPS) is 14.0. The van der Waals surface area contributed by atoms with Crippen molar-refractivity contribution in [1.82, 2.24) is 0 Å². The molecule has 0 aliphatic heterocycles. The summed E-state index contributed by atoms with van der Waals surface area (Å²) in [5.41, 5.74) is -0.570. The molecule has 1 unspecified atom stereocenters. The van der Waals surface area contributed by atoms with E-state index in [-0.39, 0.29) is 6.10 Å². The molecule has 0 heterocycles. The number of hydrogen-bond acceptors (Lipinski definition) is 4. The van der Waals surface area contributed by atoms with Gasteiger partial charge < -0.3 is 9.84 Å². The first-order chi connectivity index (χ1) is 6.73. The molecular formula is C10H20O5. The van der Waals surface area contributed by atoms with E-state index in [9.17, 15) is 4.79 Å². The maximum Gasteiger partial charge on any atom is 0.506 e. The van der Waals surface area contributed by atoms with E-state index in [1.54, 1.807) is 6.92 Å². The summed E-state index contributed by atoms with van der Waals surface area (Å²) in [6.45, 7) is 9.02. The van der Waals surface area contributed by atoms with Crippen molar-refractivity contribution in [2.75, 3.05) is 0 Å². The first-order valence-electron chi connectivity index (χ1n) is 4.97. The van der Waals surface area contributed by atoms with E-state index >= 15 is 0 Å². The second kappa shape index (κ2) is 5.92. The van der Waals surface area contributed by atoms with Crippen molar-refractivity contribution in [3.63, 3.8) is 0 Å². The van der Waals surface area contributed by atoms with Crippen molar-refractivity contribution in [3.05, 3.63) is 0 Å². The number of ether oxygens (including phenoxy) is 1. The van der Waals surface area contributed by atoms with Crippen LogP contribution in [0.2, 0.25) is 0 Å². The van der Waals surface area contributed by atoms with E-state index in [4.69, 9.17) is 14.9 Å². The van der Waals surface area contributed by atoms with Gasteiger partial charge in [-0.2, -0.15) is 0 Å². The zero-order valence-corrected chi connectivity index (χ0v) is 9.94. The third-order valence-electron chi connectivity index (χ3n) is 1.55. The lowest BCUT2D eigenvalue weighted by molar-refractivity contribution is -0.374. The van der Waals surface area contributed by atoms with Gasteiger partial charge in [0.05, 0.1) is 6.10 Å². The molecule has 0 radical (unpaired) electrons. The van der Waals surface area contributed by atoms with Crippen LogP contribution < -0.4 is 0 Å². The highest BCUT2D eigenvalue weighted by molar-refractivity contribution is 5.57. The largest absolute Gasteiger partial charge is 0.506 e. The molecule has 90 valence electrons. The first kappa shape index (κ1) is 14.2. The van der Waals surface area contributed by atoms with Gasteiger partial charge in [-0.3, -0.25) is 0 Å². The van der Waals surface area contributed by atoms with Crippen molar-refractivity contribution in [1.29, 1.82) is 0 Å². The van der Waals surface area contributed by atoms with Gasteiger partial charge in [-0.25, -0.2) is 14.6 Å². The number of carboxylic acid groups (broad SMARTS) is 1. The lowest BCUT2D eigenvalue weighted by Crippen LogP contribution is -2.32. The van der Waals surface area contributed by atoms with E-state index in [1.807, 2.05) is 27.7 Å². The lowest BCUT2D eigenvalue weighted by atomic mass is 10.0. The average Bonchev–Trinajstić information content (AvgIpc) is 1.98. The minimum Gasteiger partial charge on any atom is -0.450 e. The Kier molecular flexibility index (Phi) is 5.60. The SMILES string of the molecule is CC(C)OOC(C)(C)CC(C)OC(=O)O. The summed E-state index contributed by atoms with van der Waals surface area (Å²) in [7, 11) is 0. The number of rotatable bonds is 6. The molecule has 5 heteroatoms. The fourth-order valence-corrected chi connectivity index (χ4v) is 1.17. The zero-order valence-electron chi connectivity index (χ0n) is 9.94.